The van der Waals surface area contributed by atoms with Crippen molar-refractivity contribution in [2.45, 2.75) is 141 Å². The first-order valence-electron chi connectivity index (χ1n) is 29.5. The summed E-state index contributed by atoms with van der Waals surface area (Å²) in [6, 6.07) is 19.7. The Morgan fingerprint density at radius 2 is 1.68 bits per heavy atom. The predicted molar refractivity (Wildman–Crippen MR) is 313 cm³/mol. The van der Waals surface area contributed by atoms with E-state index in [1.54, 1.807) is 40.7 Å². The highest BCUT2D eigenvalue weighted by Gasteiger charge is 2.44. The first-order chi connectivity index (χ1) is 40.5. The summed E-state index contributed by atoms with van der Waals surface area (Å²) < 4.78 is 34.1. The fourth-order valence-corrected chi connectivity index (χ4v) is 12.1. The molecule has 5 aromatic rings. The molecule has 6 N–H and O–H groups in total. The molecule has 1 saturated carbocycles. The second-order valence-electron chi connectivity index (χ2n) is 23.6. The summed E-state index contributed by atoms with van der Waals surface area (Å²) in [6.45, 7) is 9.82. The second-order valence-corrected chi connectivity index (χ2v) is 23.6. The van der Waals surface area contributed by atoms with Crippen LogP contribution in [0.5, 0.6) is 5.75 Å². The van der Waals surface area contributed by atoms with Crippen molar-refractivity contribution in [1.29, 1.82) is 5.26 Å². The number of nitriles is 1. The number of halogens is 1. The highest BCUT2D eigenvalue weighted by molar-refractivity contribution is 5.97. The van der Waals surface area contributed by atoms with Gasteiger partial charge in [0.05, 0.1) is 69.0 Å². The number of ether oxygens (including phenoxy) is 3. The molecule has 2 fully saturated rings. The van der Waals surface area contributed by atoms with Crippen molar-refractivity contribution in [2.24, 2.45) is 5.41 Å². The fraction of sp³-hybridized carbons (Fsp3) is 0.492. The Hall–Kier alpha value is -7.93. The number of nitrogen functional groups attached to an aromatic ring is 1. The number of nitrogens with one attached hydrogen (secondary N) is 4. The van der Waals surface area contributed by atoms with E-state index in [1.165, 1.54) is 17.7 Å². The van der Waals surface area contributed by atoms with E-state index in [-0.39, 0.29) is 131 Å². The van der Waals surface area contributed by atoms with Gasteiger partial charge < -0.3 is 55.9 Å². The number of fused-ring (bicyclic) bond motifs is 10. The van der Waals surface area contributed by atoms with E-state index in [4.69, 9.17) is 25.0 Å². The van der Waals surface area contributed by atoms with Crippen LogP contribution in [0.2, 0.25) is 0 Å². The van der Waals surface area contributed by atoms with Crippen LogP contribution in [0.15, 0.2) is 72.9 Å². The fourth-order valence-electron chi connectivity index (χ4n) is 12.1. The van der Waals surface area contributed by atoms with Crippen LogP contribution in [-0.4, -0.2) is 131 Å². The number of benzene rings is 3. The molecular weight excluding hydrogens is 1070 g/mol. The summed E-state index contributed by atoms with van der Waals surface area (Å²) in [4.78, 5) is 80.0. The van der Waals surface area contributed by atoms with Crippen LogP contribution in [0.1, 0.15) is 134 Å². The predicted octanol–water partition coefficient (Wildman–Crippen LogP) is 6.20. The van der Waals surface area contributed by atoms with Gasteiger partial charge in [-0.2, -0.15) is 10.4 Å². The van der Waals surface area contributed by atoms with Crippen molar-refractivity contribution < 1.29 is 42.6 Å². The molecule has 10 rings (SSSR count). The van der Waals surface area contributed by atoms with Gasteiger partial charge in [-0.1, -0.05) is 51.1 Å². The first kappa shape index (κ1) is 59.2. The molecule has 1 saturated heterocycles. The van der Waals surface area contributed by atoms with Gasteiger partial charge in [0.1, 0.15) is 47.8 Å². The van der Waals surface area contributed by atoms with Crippen LogP contribution in [-0.2, 0) is 61.1 Å². The van der Waals surface area contributed by atoms with Crippen LogP contribution >= 0.6 is 0 Å². The van der Waals surface area contributed by atoms with Gasteiger partial charge in [-0.15, -0.1) is 0 Å². The minimum absolute atomic E-state index is 0.0295. The summed E-state index contributed by atoms with van der Waals surface area (Å²) in [5.41, 5.74) is 13.5. The van der Waals surface area contributed by atoms with E-state index in [0.29, 0.717) is 52.4 Å². The number of hydrogen-bond acceptors (Lipinski definition) is 14. The highest BCUT2D eigenvalue weighted by Crippen LogP contribution is 2.44. The summed E-state index contributed by atoms with van der Waals surface area (Å²) in [7, 11) is 1.69. The summed E-state index contributed by atoms with van der Waals surface area (Å²) >= 11 is 0. The van der Waals surface area contributed by atoms with E-state index >= 15 is 0 Å². The second kappa shape index (κ2) is 25.9. The molecule has 2 aromatic heterocycles. The molecule has 5 heterocycles. The van der Waals surface area contributed by atoms with Crippen LogP contribution in [0.3, 0.4) is 0 Å². The molecule has 444 valence electrons. The van der Waals surface area contributed by atoms with E-state index in [0.717, 1.165) is 55.2 Å². The minimum Gasteiger partial charge on any atom is -0.491 e. The average molecular weight is 1150 g/mol. The van der Waals surface area contributed by atoms with Gasteiger partial charge in [-0.05, 0) is 129 Å². The molecule has 0 radical (unpaired) electrons. The molecule has 5 aliphatic rings. The topological polar surface area (TPSA) is 251 Å². The zero-order valence-corrected chi connectivity index (χ0v) is 48.7. The van der Waals surface area contributed by atoms with E-state index in [9.17, 15) is 33.6 Å². The van der Waals surface area contributed by atoms with E-state index in [2.05, 4.69) is 49.4 Å². The molecule has 21 heteroatoms. The molecule has 84 heavy (non-hydrogen) atoms. The Labute approximate surface area is 489 Å². The maximum absolute atomic E-state index is 14.9. The number of nitrogens with two attached hydrogens (primary N) is 1. The van der Waals surface area contributed by atoms with E-state index < -0.39 is 29.4 Å². The smallest absolute Gasteiger partial charge is 0.254 e. The van der Waals surface area contributed by atoms with Gasteiger partial charge in [0.2, 0.25) is 23.6 Å². The molecule has 20 nitrogen and oxygen atoms in total. The standard InChI is InChI=1S/C63H77FN12O8/c1-38(67-5)59(78)71-57(63(2,3)4)62(81)75-36-42-30-45(19-15-40(42)31-53(75)60(79)70-49-13-8-11-39-10-6-7-12-46(39)49)84-29-28-83-27-26-82-25-21-55(77)68-22-24-76-54(34-65)56-41-32-52(58(66)69-35-41)73-23-9-14-51(73)48-33-43(64)16-20-47(48)61(80)74(44-17-18-44)37-50(56)72-76/h6-7,10,12,15-16,19-20,30,32-33,35,38,44,49,51,53,57,67H,8-9,11,13-14,17-18,21-29,31,36-37H2,1-5H3,(H2,66,69)(H,68,77)(H,70,79)(H,71,78)/t38-,49+,51+,53-,57+/m0/s1. The zero-order valence-electron chi connectivity index (χ0n) is 48.7. The van der Waals surface area contributed by atoms with Gasteiger partial charge in [-0.3, -0.25) is 28.7 Å². The third-order valence-electron chi connectivity index (χ3n) is 16.8. The maximum Gasteiger partial charge on any atom is 0.254 e. The monoisotopic (exact) mass is 1150 g/mol. The molecule has 2 aliphatic carbocycles. The number of aryl methyl sites for hydroxylation is 1. The number of rotatable bonds is 20. The molecular formula is C63H77FN12O8. The Morgan fingerprint density at radius 3 is 2.45 bits per heavy atom. The SMILES string of the molecule is CN[C@@H](C)C(=O)N[C@H](C(=O)N1Cc2cc(OCCOCCOCCC(=O)NCCn3nc4c(c3C#N)-c3cnc(N)c(c3)N3CCC[C@@H]3c3cc(F)ccc3C(=O)N(C3CC3)C4)ccc2C[C@H]1C(=O)N[C@@H]1CCCc2ccccc21)C(C)(C)C. The van der Waals surface area contributed by atoms with Crippen molar-refractivity contribution in [3.8, 4) is 22.9 Å². The number of carbonyl (C=O) groups is 5. The van der Waals surface area contributed by atoms with E-state index in [1.807, 2.05) is 57.2 Å². The Balaban J connectivity index is 0.706. The van der Waals surface area contributed by atoms with Crippen LogP contribution in [0.4, 0.5) is 15.9 Å². The lowest BCUT2D eigenvalue weighted by Crippen LogP contribution is -2.62. The lowest BCUT2D eigenvalue weighted by atomic mass is 9.83. The molecule has 2 bridgehead atoms. The molecule has 5 atom stereocenters. The lowest BCUT2D eigenvalue weighted by molar-refractivity contribution is -0.147. The lowest BCUT2D eigenvalue weighted by Gasteiger charge is -2.41. The number of carbonyl (C=O) groups excluding carboxylic acids is 5. The minimum atomic E-state index is -0.907. The molecule has 5 amide bonds. The number of amides is 5. The van der Waals surface area contributed by atoms with Crippen LogP contribution in [0.25, 0.3) is 11.1 Å². The highest BCUT2D eigenvalue weighted by atomic mass is 19.1. The first-order valence-corrected chi connectivity index (χ1v) is 29.5. The van der Waals surface area contributed by atoms with Gasteiger partial charge in [-0.25, -0.2) is 9.37 Å². The van der Waals surface area contributed by atoms with Crippen molar-refractivity contribution in [3.05, 3.63) is 124 Å². The van der Waals surface area contributed by atoms with Crippen molar-refractivity contribution in [3.63, 3.8) is 0 Å². The summed E-state index contributed by atoms with van der Waals surface area (Å²) in [5, 5.41) is 27.7. The largest absolute Gasteiger partial charge is 0.491 e. The van der Waals surface area contributed by atoms with Crippen molar-refractivity contribution >= 4 is 41.0 Å². The van der Waals surface area contributed by atoms with Crippen molar-refractivity contribution in [2.75, 3.05) is 63.8 Å². The van der Waals surface area contributed by atoms with Crippen LogP contribution < -0.4 is 36.6 Å². The molecule has 3 aromatic carbocycles. The normalized spacial score (nSPS) is 19.0. The number of anilines is 2. The molecule has 3 aliphatic heterocycles. The quantitative estimate of drug-likeness (QED) is 0.0545. The van der Waals surface area contributed by atoms with Gasteiger partial charge in [0.25, 0.3) is 5.91 Å². The number of aromatic nitrogens is 3. The number of nitrogens with zero attached hydrogens (tertiary/aromatic N) is 7. The van der Waals surface area contributed by atoms with Gasteiger partial charge >= 0.3 is 0 Å². The number of hydrogen-bond donors (Lipinski definition) is 5. The van der Waals surface area contributed by atoms with Gasteiger partial charge in [0.15, 0.2) is 0 Å². The number of pyridine rings is 1. The van der Waals surface area contributed by atoms with Crippen molar-refractivity contribution in [1.82, 2.24) is 45.8 Å². The average Bonchev–Trinajstić information content (AvgIpc) is 1.88. The Bertz CT molecular complexity index is 3320. The van der Waals surface area contributed by atoms with Gasteiger partial charge in [0, 0.05) is 61.4 Å². The Kier molecular flexibility index (Phi) is 18.3. The Morgan fingerprint density at radius 1 is 0.893 bits per heavy atom. The molecule has 0 spiro atoms. The summed E-state index contributed by atoms with van der Waals surface area (Å²) in [6.07, 6.45) is 7.83. The third kappa shape index (κ3) is 13.2. The zero-order chi connectivity index (χ0) is 59.2. The summed E-state index contributed by atoms with van der Waals surface area (Å²) in [5.74, 6) is -0.906. The molecule has 0 unspecified atom stereocenters. The number of likely N-dealkylation sites (N-methyl/N-ethyl adjacent to an activating group) is 1. The van der Waals surface area contributed by atoms with Crippen LogP contribution in [0, 0.1) is 22.6 Å². The maximum atomic E-state index is 14.9. The third-order valence-corrected chi connectivity index (χ3v) is 16.8.